The second-order valence-corrected chi connectivity index (χ2v) is 6.63. The predicted molar refractivity (Wildman–Crippen MR) is 70.4 cm³/mol. The standard InChI is InChI=1S/C11H23N3O3S/c1-3-9(7-12)11(15)14-6-4-5-10(8-14)13-18(2,16)17/h9-10,13H,3-8,12H2,1-2H3. The van der Waals surface area contributed by atoms with E-state index in [1.807, 2.05) is 6.92 Å². The van der Waals surface area contributed by atoms with Gasteiger partial charge in [-0.05, 0) is 19.3 Å². The first-order chi connectivity index (χ1) is 8.37. The van der Waals surface area contributed by atoms with Crippen LogP contribution in [0.1, 0.15) is 26.2 Å². The molecule has 1 aliphatic rings. The van der Waals surface area contributed by atoms with E-state index in [4.69, 9.17) is 5.73 Å². The molecule has 2 atom stereocenters. The Bertz CT molecular complexity index is 379. The maximum absolute atomic E-state index is 12.1. The van der Waals surface area contributed by atoms with Crippen molar-refractivity contribution in [2.24, 2.45) is 11.7 Å². The van der Waals surface area contributed by atoms with Crippen LogP contribution in [0.25, 0.3) is 0 Å². The molecule has 2 unspecified atom stereocenters. The van der Waals surface area contributed by atoms with Crippen LogP contribution < -0.4 is 10.5 Å². The molecule has 1 rings (SSSR count). The molecule has 0 aromatic carbocycles. The van der Waals surface area contributed by atoms with Gasteiger partial charge in [0, 0.05) is 25.7 Å². The Hall–Kier alpha value is -0.660. The van der Waals surface area contributed by atoms with Crippen LogP contribution in [0.4, 0.5) is 0 Å². The normalized spacial score (nSPS) is 22.8. The maximum Gasteiger partial charge on any atom is 0.226 e. The second-order valence-electron chi connectivity index (χ2n) is 4.85. The van der Waals surface area contributed by atoms with Crippen LogP contribution in [0, 0.1) is 5.92 Å². The number of carbonyl (C=O) groups is 1. The monoisotopic (exact) mass is 277 g/mol. The van der Waals surface area contributed by atoms with Gasteiger partial charge >= 0.3 is 0 Å². The zero-order chi connectivity index (χ0) is 13.8. The first kappa shape index (κ1) is 15.4. The molecular formula is C11H23N3O3S. The number of nitrogens with two attached hydrogens (primary N) is 1. The molecule has 0 aromatic rings. The van der Waals surface area contributed by atoms with Crippen molar-refractivity contribution < 1.29 is 13.2 Å². The lowest BCUT2D eigenvalue weighted by molar-refractivity contribution is -0.136. The molecular weight excluding hydrogens is 254 g/mol. The Morgan fingerprint density at radius 2 is 2.22 bits per heavy atom. The van der Waals surface area contributed by atoms with Gasteiger partial charge in [0.1, 0.15) is 0 Å². The van der Waals surface area contributed by atoms with Crippen LogP contribution in [0.2, 0.25) is 0 Å². The molecule has 3 N–H and O–H groups in total. The summed E-state index contributed by atoms with van der Waals surface area (Å²) in [5.74, 6) is -0.109. The third-order valence-corrected chi connectivity index (χ3v) is 4.00. The van der Waals surface area contributed by atoms with Gasteiger partial charge in [0.25, 0.3) is 0 Å². The summed E-state index contributed by atoms with van der Waals surface area (Å²) < 4.78 is 24.9. The molecule has 1 fully saturated rings. The summed E-state index contributed by atoms with van der Waals surface area (Å²) in [6, 6.07) is -0.173. The van der Waals surface area contributed by atoms with Crippen molar-refractivity contribution in [3.63, 3.8) is 0 Å². The molecule has 0 spiro atoms. The summed E-state index contributed by atoms with van der Waals surface area (Å²) in [5, 5.41) is 0. The first-order valence-corrected chi connectivity index (χ1v) is 8.22. The van der Waals surface area contributed by atoms with Crippen molar-refractivity contribution in [3.05, 3.63) is 0 Å². The fourth-order valence-corrected chi connectivity index (χ4v) is 3.07. The molecule has 1 aliphatic heterocycles. The Morgan fingerprint density at radius 1 is 1.56 bits per heavy atom. The van der Waals surface area contributed by atoms with Gasteiger partial charge < -0.3 is 10.6 Å². The van der Waals surface area contributed by atoms with Crippen molar-refractivity contribution in [2.45, 2.75) is 32.2 Å². The Morgan fingerprint density at radius 3 is 2.72 bits per heavy atom. The largest absolute Gasteiger partial charge is 0.341 e. The minimum absolute atomic E-state index is 0.0417. The predicted octanol–water partition coefficient (Wildman–Crippen LogP) is -0.488. The van der Waals surface area contributed by atoms with Gasteiger partial charge in [-0.1, -0.05) is 6.92 Å². The summed E-state index contributed by atoms with van der Waals surface area (Å²) in [6.07, 6.45) is 3.45. The van der Waals surface area contributed by atoms with Crippen LogP contribution in [-0.2, 0) is 14.8 Å². The van der Waals surface area contributed by atoms with E-state index in [1.165, 1.54) is 0 Å². The number of rotatable bonds is 5. The highest BCUT2D eigenvalue weighted by Gasteiger charge is 2.28. The van der Waals surface area contributed by atoms with E-state index in [1.54, 1.807) is 4.90 Å². The van der Waals surface area contributed by atoms with Crippen molar-refractivity contribution in [1.29, 1.82) is 0 Å². The smallest absolute Gasteiger partial charge is 0.226 e. The highest BCUT2D eigenvalue weighted by molar-refractivity contribution is 7.88. The molecule has 1 heterocycles. The van der Waals surface area contributed by atoms with Crippen LogP contribution in [0.3, 0.4) is 0 Å². The Labute approximate surface area is 109 Å². The van der Waals surface area contributed by atoms with E-state index < -0.39 is 10.0 Å². The van der Waals surface area contributed by atoms with Crippen molar-refractivity contribution >= 4 is 15.9 Å². The van der Waals surface area contributed by atoms with Crippen LogP contribution in [0.15, 0.2) is 0 Å². The highest BCUT2D eigenvalue weighted by atomic mass is 32.2. The molecule has 6 nitrogen and oxygen atoms in total. The number of piperidine rings is 1. The van der Waals surface area contributed by atoms with Gasteiger partial charge in [0.15, 0.2) is 0 Å². The van der Waals surface area contributed by atoms with Crippen LogP contribution >= 0.6 is 0 Å². The third kappa shape index (κ3) is 4.55. The van der Waals surface area contributed by atoms with Crippen LogP contribution in [0.5, 0.6) is 0 Å². The second kappa shape index (κ2) is 6.49. The molecule has 0 radical (unpaired) electrons. The summed E-state index contributed by atoms with van der Waals surface area (Å²) in [5.41, 5.74) is 5.57. The molecule has 0 aliphatic carbocycles. The first-order valence-electron chi connectivity index (χ1n) is 6.33. The number of nitrogens with zero attached hydrogens (tertiary/aromatic N) is 1. The van der Waals surface area contributed by atoms with E-state index in [2.05, 4.69) is 4.72 Å². The molecule has 0 bridgehead atoms. The Kier molecular flexibility index (Phi) is 5.55. The van der Waals surface area contributed by atoms with E-state index in [-0.39, 0.29) is 17.9 Å². The molecule has 106 valence electrons. The van der Waals surface area contributed by atoms with Gasteiger partial charge in [-0.25, -0.2) is 13.1 Å². The summed E-state index contributed by atoms with van der Waals surface area (Å²) >= 11 is 0. The third-order valence-electron chi connectivity index (χ3n) is 3.24. The van der Waals surface area contributed by atoms with E-state index in [0.29, 0.717) is 19.6 Å². The van der Waals surface area contributed by atoms with Gasteiger partial charge in [-0.2, -0.15) is 0 Å². The number of hydrogen-bond donors (Lipinski definition) is 2. The van der Waals surface area contributed by atoms with Gasteiger partial charge in [0.2, 0.25) is 15.9 Å². The van der Waals surface area contributed by atoms with Crippen molar-refractivity contribution in [1.82, 2.24) is 9.62 Å². The molecule has 0 saturated carbocycles. The van der Waals surface area contributed by atoms with E-state index in [0.717, 1.165) is 25.5 Å². The number of hydrogen-bond acceptors (Lipinski definition) is 4. The van der Waals surface area contributed by atoms with Gasteiger partial charge in [-0.3, -0.25) is 4.79 Å². The summed E-state index contributed by atoms with van der Waals surface area (Å²) in [6.45, 7) is 3.42. The van der Waals surface area contributed by atoms with Crippen LogP contribution in [-0.4, -0.2) is 51.2 Å². The molecule has 1 amide bonds. The zero-order valence-electron chi connectivity index (χ0n) is 11.1. The number of nitrogens with one attached hydrogen (secondary N) is 1. The average Bonchev–Trinajstić information content (AvgIpc) is 2.28. The molecule has 7 heteroatoms. The average molecular weight is 277 g/mol. The lowest BCUT2D eigenvalue weighted by Gasteiger charge is -2.34. The summed E-state index contributed by atoms with van der Waals surface area (Å²) in [4.78, 5) is 13.9. The van der Waals surface area contributed by atoms with Crippen molar-refractivity contribution in [2.75, 3.05) is 25.9 Å². The van der Waals surface area contributed by atoms with Gasteiger partial charge in [-0.15, -0.1) is 0 Å². The number of sulfonamides is 1. The molecule has 1 saturated heterocycles. The number of amides is 1. The number of likely N-dealkylation sites (tertiary alicyclic amines) is 1. The lowest BCUT2D eigenvalue weighted by Crippen LogP contribution is -2.51. The fraction of sp³-hybridized carbons (Fsp3) is 0.909. The molecule has 18 heavy (non-hydrogen) atoms. The summed E-state index contributed by atoms with van der Waals surface area (Å²) in [7, 11) is -3.22. The zero-order valence-corrected chi connectivity index (χ0v) is 11.9. The quantitative estimate of drug-likeness (QED) is 0.709. The SMILES string of the molecule is CCC(CN)C(=O)N1CCCC(NS(C)(=O)=O)C1. The maximum atomic E-state index is 12.1. The highest BCUT2D eigenvalue weighted by Crippen LogP contribution is 2.15. The lowest BCUT2D eigenvalue weighted by atomic mass is 10.0. The molecule has 0 aromatic heterocycles. The topological polar surface area (TPSA) is 92.5 Å². The van der Waals surface area contributed by atoms with Crippen molar-refractivity contribution in [3.8, 4) is 0 Å². The van der Waals surface area contributed by atoms with E-state index in [9.17, 15) is 13.2 Å². The fourth-order valence-electron chi connectivity index (χ4n) is 2.28. The van der Waals surface area contributed by atoms with Gasteiger partial charge in [0.05, 0.1) is 12.2 Å². The van der Waals surface area contributed by atoms with E-state index >= 15 is 0 Å². The minimum Gasteiger partial charge on any atom is -0.341 e. The number of carbonyl (C=O) groups excluding carboxylic acids is 1. The minimum atomic E-state index is -3.22. The Balaban J connectivity index is 2.61.